The number of pyridine rings is 1. The number of anilines is 1. The molecule has 22 heavy (non-hydrogen) atoms. The highest BCUT2D eigenvalue weighted by Gasteiger charge is 2.50. The van der Waals surface area contributed by atoms with Crippen molar-refractivity contribution in [3.05, 3.63) is 24.5 Å². The molecule has 118 valence electrons. The van der Waals surface area contributed by atoms with Crippen molar-refractivity contribution < 1.29 is 0 Å². The monoisotopic (exact) mass is 297 g/mol. The molecule has 4 bridgehead atoms. The van der Waals surface area contributed by atoms with Gasteiger partial charge in [0.1, 0.15) is 0 Å². The van der Waals surface area contributed by atoms with Crippen molar-refractivity contribution in [3.63, 3.8) is 0 Å². The SMILES string of the molecule is c1cc(N2CCN(C3C4CC5CC(C4)CC3C5)CC2)ccn1. The molecule has 0 aromatic carbocycles. The molecule has 0 atom stereocenters. The lowest BCUT2D eigenvalue weighted by Gasteiger charge is -2.58. The molecule has 0 N–H and O–H groups in total. The first-order valence-corrected chi connectivity index (χ1v) is 9.26. The van der Waals surface area contributed by atoms with Crippen LogP contribution in [0.3, 0.4) is 0 Å². The Hall–Kier alpha value is -1.09. The van der Waals surface area contributed by atoms with Crippen LogP contribution in [-0.2, 0) is 0 Å². The second-order valence-electron chi connectivity index (χ2n) is 8.15. The molecule has 0 unspecified atom stereocenters. The van der Waals surface area contributed by atoms with Gasteiger partial charge in [-0.25, -0.2) is 0 Å². The summed E-state index contributed by atoms with van der Waals surface area (Å²) in [6.07, 6.45) is 11.6. The Balaban J connectivity index is 1.27. The van der Waals surface area contributed by atoms with Crippen LogP contribution in [0, 0.1) is 23.7 Å². The van der Waals surface area contributed by atoms with Crippen LogP contribution in [0.4, 0.5) is 5.69 Å². The van der Waals surface area contributed by atoms with Gasteiger partial charge in [-0.2, -0.15) is 0 Å². The van der Waals surface area contributed by atoms with Crippen molar-refractivity contribution in [1.29, 1.82) is 0 Å². The molecule has 5 fully saturated rings. The summed E-state index contributed by atoms with van der Waals surface area (Å²) >= 11 is 0. The zero-order chi connectivity index (χ0) is 14.5. The average Bonchev–Trinajstić information content (AvgIpc) is 2.55. The zero-order valence-corrected chi connectivity index (χ0v) is 13.4. The van der Waals surface area contributed by atoms with Crippen molar-refractivity contribution in [2.75, 3.05) is 31.1 Å². The van der Waals surface area contributed by atoms with E-state index in [0.717, 1.165) is 29.7 Å². The molecule has 5 aliphatic rings. The van der Waals surface area contributed by atoms with Gasteiger partial charge in [0.05, 0.1) is 0 Å². The minimum Gasteiger partial charge on any atom is -0.369 e. The maximum Gasteiger partial charge on any atom is 0.0397 e. The van der Waals surface area contributed by atoms with Gasteiger partial charge in [0, 0.05) is 50.3 Å². The third-order valence-electron chi connectivity index (χ3n) is 6.94. The van der Waals surface area contributed by atoms with E-state index in [1.54, 1.807) is 32.1 Å². The van der Waals surface area contributed by atoms with E-state index in [1.165, 1.54) is 31.9 Å². The molecule has 1 aromatic rings. The average molecular weight is 297 g/mol. The molecular weight excluding hydrogens is 270 g/mol. The van der Waals surface area contributed by atoms with Crippen LogP contribution in [0.1, 0.15) is 32.1 Å². The predicted octanol–water partition coefficient (Wildman–Crippen LogP) is 3.03. The van der Waals surface area contributed by atoms with E-state index in [2.05, 4.69) is 26.9 Å². The summed E-state index contributed by atoms with van der Waals surface area (Å²) in [6, 6.07) is 5.23. The van der Waals surface area contributed by atoms with E-state index in [0.29, 0.717) is 0 Å². The van der Waals surface area contributed by atoms with Gasteiger partial charge in [-0.05, 0) is 67.9 Å². The number of nitrogens with zero attached hydrogens (tertiary/aromatic N) is 3. The van der Waals surface area contributed by atoms with Gasteiger partial charge in [-0.15, -0.1) is 0 Å². The first kappa shape index (κ1) is 13.4. The number of piperazine rings is 1. The summed E-state index contributed by atoms with van der Waals surface area (Å²) in [5, 5.41) is 0. The fourth-order valence-electron chi connectivity index (χ4n) is 6.33. The number of hydrogen-bond acceptors (Lipinski definition) is 3. The Morgan fingerprint density at radius 1 is 0.773 bits per heavy atom. The van der Waals surface area contributed by atoms with Gasteiger partial charge < -0.3 is 4.90 Å². The third-order valence-corrected chi connectivity index (χ3v) is 6.94. The van der Waals surface area contributed by atoms with Gasteiger partial charge in [0.25, 0.3) is 0 Å². The third kappa shape index (κ3) is 2.17. The van der Waals surface area contributed by atoms with Crippen molar-refractivity contribution in [2.45, 2.75) is 38.1 Å². The number of hydrogen-bond donors (Lipinski definition) is 0. The molecule has 6 rings (SSSR count). The normalized spacial score (nSPS) is 41.1. The summed E-state index contributed by atoms with van der Waals surface area (Å²) in [5.41, 5.74) is 1.35. The minimum absolute atomic E-state index is 0.924. The quantitative estimate of drug-likeness (QED) is 0.836. The molecule has 1 aromatic heterocycles. The first-order chi connectivity index (χ1) is 10.9. The number of rotatable bonds is 2. The maximum absolute atomic E-state index is 4.14. The van der Waals surface area contributed by atoms with Gasteiger partial charge in [0.15, 0.2) is 0 Å². The Bertz CT molecular complexity index is 493. The van der Waals surface area contributed by atoms with Crippen molar-refractivity contribution >= 4 is 5.69 Å². The van der Waals surface area contributed by atoms with E-state index in [9.17, 15) is 0 Å². The second-order valence-corrected chi connectivity index (χ2v) is 8.15. The lowest BCUT2D eigenvalue weighted by atomic mass is 9.54. The summed E-state index contributed by atoms with van der Waals surface area (Å²) in [5.74, 6) is 4.25. The lowest BCUT2D eigenvalue weighted by Crippen LogP contribution is -2.60. The van der Waals surface area contributed by atoms with E-state index in [-0.39, 0.29) is 0 Å². The largest absolute Gasteiger partial charge is 0.369 e. The highest BCUT2D eigenvalue weighted by Crippen LogP contribution is 2.55. The van der Waals surface area contributed by atoms with Gasteiger partial charge in [-0.3, -0.25) is 9.88 Å². The molecule has 3 heteroatoms. The van der Waals surface area contributed by atoms with Crippen LogP contribution in [0.2, 0.25) is 0 Å². The summed E-state index contributed by atoms with van der Waals surface area (Å²) < 4.78 is 0. The number of aromatic nitrogens is 1. The van der Waals surface area contributed by atoms with Crippen molar-refractivity contribution in [1.82, 2.24) is 9.88 Å². The molecule has 1 saturated heterocycles. The van der Waals surface area contributed by atoms with Crippen LogP contribution in [0.15, 0.2) is 24.5 Å². The van der Waals surface area contributed by atoms with E-state index < -0.39 is 0 Å². The highest BCUT2D eigenvalue weighted by molar-refractivity contribution is 5.45. The maximum atomic E-state index is 4.14. The Morgan fingerprint density at radius 2 is 1.36 bits per heavy atom. The minimum atomic E-state index is 0.924. The first-order valence-electron chi connectivity index (χ1n) is 9.26. The Kier molecular flexibility index (Phi) is 3.17. The van der Waals surface area contributed by atoms with E-state index in [4.69, 9.17) is 0 Å². The molecule has 1 aliphatic heterocycles. The van der Waals surface area contributed by atoms with Gasteiger partial charge in [-0.1, -0.05) is 0 Å². The summed E-state index contributed by atoms with van der Waals surface area (Å²) in [4.78, 5) is 9.54. The van der Waals surface area contributed by atoms with Crippen LogP contribution in [0.5, 0.6) is 0 Å². The molecule has 2 heterocycles. The Labute approximate surface area is 133 Å². The zero-order valence-electron chi connectivity index (χ0n) is 13.4. The fourth-order valence-corrected chi connectivity index (χ4v) is 6.33. The van der Waals surface area contributed by atoms with E-state index >= 15 is 0 Å². The molecule has 0 spiro atoms. The smallest absolute Gasteiger partial charge is 0.0397 e. The van der Waals surface area contributed by atoms with Crippen LogP contribution < -0.4 is 4.90 Å². The fraction of sp³-hybridized carbons (Fsp3) is 0.737. The summed E-state index contributed by atoms with van der Waals surface area (Å²) in [7, 11) is 0. The standard InChI is InChI=1S/C19H27N3/c1-3-20-4-2-18(1)21-5-7-22(8-6-21)19-16-10-14-9-15(12-16)13-17(19)11-14/h1-4,14-17,19H,5-13H2. The highest BCUT2D eigenvalue weighted by atomic mass is 15.3. The molecule has 0 amide bonds. The lowest BCUT2D eigenvalue weighted by molar-refractivity contribution is -0.0665. The predicted molar refractivity (Wildman–Crippen MR) is 88.9 cm³/mol. The van der Waals surface area contributed by atoms with E-state index in [1.807, 2.05) is 12.4 Å². The topological polar surface area (TPSA) is 19.4 Å². The molecule has 0 radical (unpaired) electrons. The second kappa shape index (κ2) is 5.23. The molecule has 4 saturated carbocycles. The molecular formula is C19H27N3. The van der Waals surface area contributed by atoms with Crippen LogP contribution in [0.25, 0.3) is 0 Å². The van der Waals surface area contributed by atoms with Gasteiger partial charge >= 0.3 is 0 Å². The summed E-state index contributed by atoms with van der Waals surface area (Å²) in [6.45, 7) is 4.89. The Morgan fingerprint density at radius 3 is 1.95 bits per heavy atom. The van der Waals surface area contributed by atoms with Gasteiger partial charge in [0.2, 0.25) is 0 Å². The molecule has 4 aliphatic carbocycles. The van der Waals surface area contributed by atoms with Crippen LogP contribution in [-0.4, -0.2) is 42.1 Å². The van der Waals surface area contributed by atoms with Crippen molar-refractivity contribution in [2.24, 2.45) is 23.7 Å². The molecule has 3 nitrogen and oxygen atoms in total. The van der Waals surface area contributed by atoms with Crippen molar-refractivity contribution in [3.8, 4) is 0 Å². The van der Waals surface area contributed by atoms with Crippen LogP contribution >= 0.6 is 0 Å².